The van der Waals surface area contributed by atoms with Crippen molar-refractivity contribution >= 4 is 22.8 Å². The van der Waals surface area contributed by atoms with Crippen LogP contribution in [-0.2, 0) is 19.9 Å². The zero-order valence-electron chi connectivity index (χ0n) is 22.1. The van der Waals surface area contributed by atoms with Crippen molar-refractivity contribution in [2.75, 3.05) is 5.32 Å². The number of benzene rings is 3. The smallest absolute Gasteiger partial charge is 0.0947 e. The molecule has 0 fully saturated rings. The fourth-order valence-electron chi connectivity index (χ4n) is 4.92. The number of aryl methyl sites for hydroxylation is 3. The van der Waals surface area contributed by atoms with Crippen LogP contribution in [-0.4, -0.2) is 20.7 Å². The Kier molecular flexibility index (Phi) is 7.45. The minimum Gasteiger partial charge on any atom is -0.362 e. The number of imidazole rings is 1. The van der Waals surface area contributed by atoms with Gasteiger partial charge in [-0.15, -0.1) is 0 Å². The molecule has 0 aliphatic carbocycles. The van der Waals surface area contributed by atoms with Crippen molar-refractivity contribution in [1.29, 1.82) is 5.41 Å². The molecule has 0 saturated heterocycles. The van der Waals surface area contributed by atoms with Gasteiger partial charge in [-0.2, -0.15) is 0 Å². The summed E-state index contributed by atoms with van der Waals surface area (Å²) in [4.78, 5) is 9.79. The van der Waals surface area contributed by atoms with Gasteiger partial charge < -0.3 is 15.3 Å². The molecule has 5 aromatic rings. The Balaban J connectivity index is 1.51. The van der Waals surface area contributed by atoms with Gasteiger partial charge in [0.05, 0.1) is 23.5 Å². The van der Waals surface area contributed by atoms with Gasteiger partial charge in [0, 0.05) is 42.4 Å². The maximum absolute atomic E-state index is 7.09. The maximum atomic E-state index is 7.09. The first-order valence-electron chi connectivity index (χ1n) is 13.0. The van der Waals surface area contributed by atoms with Crippen LogP contribution >= 0.6 is 0 Å². The van der Waals surface area contributed by atoms with E-state index in [0.29, 0.717) is 0 Å². The van der Waals surface area contributed by atoms with Gasteiger partial charge in [-0.05, 0) is 78.4 Å². The van der Waals surface area contributed by atoms with Gasteiger partial charge in [-0.1, -0.05) is 55.0 Å². The maximum Gasteiger partial charge on any atom is 0.0947 e. The molecular weight excluding hydrogens is 466 g/mol. The first-order chi connectivity index (χ1) is 18.5. The molecule has 2 N–H and O–H groups in total. The number of hydrogen-bond acceptors (Lipinski definition) is 4. The Bertz CT molecular complexity index is 1580. The van der Waals surface area contributed by atoms with Crippen LogP contribution in [0.15, 0.2) is 97.6 Å². The molecule has 0 bridgehead atoms. The summed E-state index contributed by atoms with van der Waals surface area (Å²) in [7, 11) is 2.01. The molecule has 5 rings (SSSR count). The second-order valence-corrected chi connectivity index (χ2v) is 9.75. The summed E-state index contributed by atoms with van der Waals surface area (Å²) in [6.45, 7) is 4.29. The van der Waals surface area contributed by atoms with Crippen molar-refractivity contribution in [3.8, 4) is 0 Å². The number of pyridine rings is 1. The summed E-state index contributed by atoms with van der Waals surface area (Å²) in [6, 6.07) is 26.2. The van der Waals surface area contributed by atoms with Crippen molar-refractivity contribution in [3.63, 3.8) is 0 Å². The highest BCUT2D eigenvalue weighted by Gasteiger charge is 2.20. The highest BCUT2D eigenvalue weighted by molar-refractivity contribution is 5.81. The molecule has 1 unspecified atom stereocenters. The molecule has 0 saturated carbocycles. The molecule has 0 radical (unpaired) electrons. The quantitative estimate of drug-likeness (QED) is 0.211. The lowest BCUT2D eigenvalue weighted by Crippen LogP contribution is -2.05. The summed E-state index contributed by atoms with van der Waals surface area (Å²) in [5, 5.41) is 11.4. The number of allylic oxidation sites excluding steroid dienone is 1. The summed E-state index contributed by atoms with van der Waals surface area (Å²) in [5.41, 5.74) is 10.4. The summed E-state index contributed by atoms with van der Waals surface area (Å²) in [6.07, 6.45) is 10.4. The SMILES string of the molecule is CCc1nc2ccc(C(c3ccc(C)cc3)c3cn(C)cn3)cc2cc1Cc1ccc(N/C=C\C=N)cc1. The number of nitrogens with zero attached hydrogens (tertiary/aromatic N) is 3. The number of hydrogen-bond donors (Lipinski definition) is 2. The Morgan fingerprint density at radius 3 is 2.42 bits per heavy atom. The van der Waals surface area contributed by atoms with E-state index in [1.807, 2.05) is 17.9 Å². The molecule has 3 aromatic carbocycles. The molecule has 190 valence electrons. The lowest BCUT2D eigenvalue weighted by molar-refractivity contribution is 0.905. The highest BCUT2D eigenvalue weighted by atomic mass is 15.0. The molecule has 5 nitrogen and oxygen atoms in total. The molecule has 0 aliphatic rings. The van der Waals surface area contributed by atoms with E-state index in [2.05, 4.69) is 98.2 Å². The van der Waals surface area contributed by atoms with Crippen molar-refractivity contribution < 1.29 is 0 Å². The van der Waals surface area contributed by atoms with Crippen LogP contribution in [0.25, 0.3) is 10.9 Å². The Hall–Kier alpha value is -4.51. The van der Waals surface area contributed by atoms with Crippen molar-refractivity contribution in [1.82, 2.24) is 14.5 Å². The molecule has 0 aliphatic heterocycles. The molecule has 2 aromatic heterocycles. The largest absolute Gasteiger partial charge is 0.362 e. The van der Waals surface area contributed by atoms with Crippen LogP contribution < -0.4 is 5.32 Å². The standard InChI is InChI=1S/C33H33N5/c1-4-30-27(18-24-8-13-29(14-9-24)35-17-5-16-34)20-28-19-26(12-15-31(28)37-30)33(32-21-38(3)22-36-32)25-10-6-23(2)7-11-25/h5-17,19-22,33-35H,4,18H2,1-3H3/b17-5-,34-16?. The Labute approximate surface area is 224 Å². The molecular formula is C33H33N5. The topological polar surface area (TPSA) is 66.6 Å². The predicted molar refractivity (Wildman–Crippen MR) is 157 cm³/mol. The third kappa shape index (κ3) is 5.57. The van der Waals surface area contributed by atoms with E-state index in [9.17, 15) is 0 Å². The molecule has 1 atom stereocenters. The highest BCUT2D eigenvalue weighted by Crippen LogP contribution is 2.33. The van der Waals surface area contributed by atoms with Crippen LogP contribution in [0.1, 0.15) is 52.0 Å². The van der Waals surface area contributed by atoms with Crippen LogP contribution in [0.3, 0.4) is 0 Å². The molecule has 5 heteroatoms. The van der Waals surface area contributed by atoms with Gasteiger partial charge in [-0.25, -0.2) is 4.98 Å². The van der Waals surface area contributed by atoms with Gasteiger partial charge >= 0.3 is 0 Å². The van der Waals surface area contributed by atoms with E-state index >= 15 is 0 Å². The van der Waals surface area contributed by atoms with Gasteiger partial charge in [0.1, 0.15) is 0 Å². The van der Waals surface area contributed by atoms with Gasteiger partial charge in [0.15, 0.2) is 0 Å². The predicted octanol–water partition coefficient (Wildman–Crippen LogP) is 7.19. The van der Waals surface area contributed by atoms with E-state index in [4.69, 9.17) is 15.4 Å². The molecule has 38 heavy (non-hydrogen) atoms. The van der Waals surface area contributed by atoms with Gasteiger partial charge in [0.2, 0.25) is 0 Å². The van der Waals surface area contributed by atoms with E-state index in [1.165, 1.54) is 34.0 Å². The fraction of sp³-hybridized carbons (Fsp3) is 0.182. The average Bonchev–Trinajstić information content (AvgIpc) is 3.36. The summed E-state index contributed by atoms with van der Waals surface area (Å²) >= 11 is 0. The Morgan fingerprint density at radius 1 is 0.974 bits per heavy atom. The number of rotatable bonds is 9. The Morgan fingerprint density at radius 2 is 1.74 bits per heavy atom. The van der Waals surface area contributed by atoms with Crippen LogP contribution in [0.5, 0.6) is 0 Å². The molecule has 0 spiro atoms. The minimum atomic E-state index is 0.0530. The van der Waals surface area contributed by atoms with E-state index in [-0.39, 0.29) is 5.92 Å². The zero-order valence-corrected chi connectivity index (χ0v) is 22.1. The lowest BCUT2D eigenvalue weighted by atomic mass is 9.87. The molecule has 0 amide bonds. The normalized spacial score (nSPS) is 12.2. The van der Waals surface area contributed by atoms with E-state index < -0.39 is 0 Å². The second kappa shape index (κ2) is 11.3. The van der Waals surface area contributed by atoms with Crippen molar-refractivity contribution in [2.24, 2.45) is 7.05 Å². The van der Waals surface area contributed by atoms with E-state index in [1.54, 1.807) is 12.3 Å². The van der Waals surface area contributed by atoms with Crippen molar-refractivity contribution in [3.05, 3.63) is 137 Å². The second-order valence-electron chi connectivity index (χ2n) is 9.75. The van der Waals surface area contributed by atoms with E-state index in [0.717, 1.165) is 40.8 Å². The van der Waals surface area contributed by atoms with Gasteiger partial charge in [-0.3, -0.25) is 4.98 Å². The van der Waals surface area contributed by atoms with Gasteiger partial charge in [0.25, 0.3) is 0 Å². The average molecular weight is 500 g/mol. The third-order valence-corrected chi connectivity index (χ3v) is 6.90. The lowest BCUT2D eigenvalue weighted by Gasteiger charge is -2.18. The number of anilines is 1. The third-order valence-electron chi connectivity index (χ3n) is 6.90. The monoisotopic (exact) mass is 499 g/mol. The summed E-state index contributed by atoms with van der Waals surface area (Å²) in [5.74, 6) is 0.0530. The number of fused-ring (bicyclic) bond motifs is 1. The van der Waals surface area contributed by atoms with Crippen molar-refractivity contribution in [2.45, 2.75) is 32.6 Å². The zero-order chi connectivity index (χ0) is 26.5. The fourth-order valence-corrected chi connectivity index (χ4v) is 4.92. The minimum absolute atomic E-state index is 0.0530. The molecule has 2 heterocycles. The first-order valence-corrected chi connectivity index (χ1v) is 13.0. The van der Waals surface area contributed by atoms with Crippen LogP contribution in [0.4, 0.5) is 5.69 Å². The summed E-state index contributed by atoms with van der Waals surface area (Å²) < 4.78 is 2.01. The number of nitrogens with one attached hydrogen (secondary N) is 2. The van der Waals surface area contributed by atoms with Crippen LogP contribution in [0, 0.1) is 12.3 Å². The number of aromatic nitrogens is 3. The van der Waals surface area contributed by atoms with Crippen LogP contribution in [0.2, 0.25) is 0 Å². The first kappa shape index (κ1) is 25.2.